The first kappa shape index (κ1) is 20.0. The number of ether oxygens (including phenoxy) is 2. The highest BCUT2D eigenvalue weighted by Crippen LogP contribution is 2.26. The number of pyridine rings is 1. The van der Waals surface area contributed by atoms with Gasteiger partial charge in [0.05, 0.1) is 19.1 Å². The number of nitrogens with one attached hydrogen (secondary N) is 1. The largest absolute Gasteiger partial charge is 0.489 e. The monoisotopic (exact) mass is 383 g/mol. The molecular formula is C22H29N3O3. The van der Waals surface area contributed by atoms with E-state index in [4.69, 9.17) is 9.47 Å². The summed E-state index contributed by atoms with van der Waals surface area (Å²) in [5.74, 6) is 1.37. The van der Waals surface area contributed by atoms with E-state index in [9.17, 15) is 4.79 Å². The fraction of sp³-hybridized carbons (Fsp3) is 0.455. The Morgan fingerprint density at radius 1 is 1.29 bits per heavy atom. The van der Waals surface area contributed by atoms with Crippen LogP contribution < -0.4 is 19.7 Å². The number of likely N-dealkylation sites (N-methyl/N-ethyl adjacent to an activating group) is 1. The second kappa shape index (κ2) is 9.44. The summed E-state index contributed by atoms with van der Waals surface area (Å²) in [5.41, 5.74) is 2.10. The van der Waals surface area contributed by atoms with E-state index in [0.29, 0.717) is 19.0 Å². The summed E-state index contributed by atoms with van der Waals surface area (Å²) in [4.78, 5) is 18.5. The maximum Gasteiger partial charge on any atom is 0.227 e. The van der Waals surface area contributed by atoms with Gasteiger partial charge in [-0.05, 0) is 44.5 Å². The van der Waals surface area contributed by atoms with Crippen LogP contribution in [0.15, 0.2) is 42.6 Å². The Bertz CT molecular complexity index is 779. The zero-order valence-electron chi connectivity index (χ0n) is 16.9. The molecule has 6 nitrogen and oxygen atoms in total. The summed E-state index contributed by atoms with van der Waals surface area (Å²) in [6.07, 6.45) is 2.88. The average molecular weight is 383 g/mol. The molecule has 0 aliphatic carbocycles. The lowest BCUT2D eigenvalue weighted by Gasteiger charge is -2.19. The fourth-order valence-electron chi connectivity index (χ4n) is 3.39. The van der Waals surface area contributed by atoms with Crippen LogP contribution in [0.5, 0.6) is 11.6 Å². The molecule has 0 spiro atoms. The molecule has 2 heterocycles. The second-order valence-corrected chi connectivity index (χ2v) is 6.95. The number of carbonyl (C=O) groups excluding carboxylic acids is 1. The Morgan fingerprint density at radius 3 is 2.79 bits per heavy atom. The molecule has 1 amide bonds. The van der Waals surface area contributed by atoms with Crippen LogP contribution in [0.1, 0.15) is 38.7 Å². The Morgan fingerprint density at radius 2 is 2.07 bits per heavy atom. The molecule has 1 saturated heterocycles. The van der Waals surface area contributed by atoms with Crippen LogP contribution >= 0.6 is 0 Å². The summed E-state index contributed by atoms with van der Waals surface area (Å²) >= 11 is 0. The second-order valence-electron chi connectivity index (χ2n) is 6.95. The summed E-state index contributed by atoms with van der Waals surface area (Å²) < 4.78 is 11.7. The van der Waals surface area contributed by atoms with Gasteiger partial charge in [0.25, 0.3) is 0 Å². The average Bonchev–Trinajstić information content (AvgIpc) is 3.17. The molecule has 0 radical (unpaired) electrons. The van der Waals surface area contributed by atoms with Gasteiger partial charge < -0.3 is 19.7 Å². The molecule has 2 aromatic rings. The SMILES string of the molecule is CCNC(=O)C(C)c1ccc(OC2CCN(c3ccnc(OCC)c3)C2)cc1. The van der Waals surface area contributed by atoms with Crippen LogP contribution in [0.3, 0.4) is 0 Å². The van der Waals surface area contributed by atoms with Gasteiger partial charge in [-0.15, -0.1) is 0 Å². The van der Waals surface area contributed by atoms with Crippen molar-refractivity contribution < 1.29 is 14.3 Å². The van der Waals surface area contributed by atoms with Crippen LogP contribution in [0.2, 0.25) is 0 Å². The van der Waals surface area contributed by atoms with Crippen molar-refractivity contribution in [2.75, 3.05) is 31.1 Å². The van der Waals surface area contributed by atoms with Gasteiger partial charge in [0.1, 0.15) is 11.9 Å². The normalized spacial score (nSPS) is 17.2. The molecule has 1 fully saturated rings. The first-order chi connectivity index (χ1) is 13.6. The van der Waals surface area contributed by atoms with Crippen molar-refractivity contribution in [2.24, 2.45) is 0 Å². The molecule has 0 saturated carbocycles. The number of amides is 1. The summed E-state index contributed by atoms with van der Waals surface area (Å²) in [6, 6.07) is 11.8. The Kier molecular flexibility index (Phi) is 6.74. The standard InChI is InChI=1S/C22H29N3O3/c1-4-23-22(26)16(3)17-6-8-19(9-7-17)28-20-11-13-25(15-20)18-10-12-24-21(14-18)27-5-2/h6-10,12,14,16,20H,4-5,11,13,15H2,1-3H3,(H,23,26). The molecule has 28 heavy (non-hydrogen) atoms. The third kappa shape index (κ3) is 4.94. The Labute approximate surface area is 166 Å². The number of aromatic nitrogens is 1. The molecule has 6 heteroatoms. The third-order valence-electron chi connectivity index (χ3n) is 4.95. The maximum atomic E-state index is 12.0. The highest BCUT2D eigenvalue weighted by molar-refractivity contribution is 5.83. The smallest absolute Gasteiger partial charge is 0.227 e. The van der Waals surface area contributed by atoms with Crippen molar-refractivity contribution in [3.05, 3.63) is 48.2 Å². The quantitative estimate of drug-likeness (QED) is 0.757. The fourth-order valence-corrected chi connectivity index (χ4v) is 3.39. The molecule has 150 valence electrons. The van der Waals surface area contributed by atoms with E-state index in [2.05, 4.69) is 15.2 Å². The predicted molar refractivity (Wildman–Crippen MR) is 110 cm³/mol. The zero-order chi connectivity index (χ0) is 19.9. The lowest BCUT2D eigenvalue weighted by Crippen LogP contribution is -2.27. The van der Waals surface area contributed by atoms with Gasteiger partial charge in [-0.1, -0.05) is 12.1 Å². The van der Waals surface area contributed by atoms with Crippen LogP contribution in [-0.4, -0.2) is 43.2 Å². The number of hydrogen-bond donors (Lipinski definition) is 1. The summed E-state index contributed by atoms with van der Waals surface area (Å²) in [7, 11) is 0. The minimum absolute atomic E-state index is 0.0476. The number of anilines is 1. The van der Waals surface area contributed by atoms with Gasteiger partial charge in [-0.25, -0.2) is 4.98 Å². The van der Waals surface area contributed by atoms with Gasteiger partial charge >= 0.3 is 0 Å². The number of hydrogen-bond acceptors (Lipinski definition) is 5. The molecule has 3 rings (SSSR count). The molecule has 1 aliphatic rings. The minimum atomic E-state index is -0.165. The van der Waals surface area contributed by atoms with E-state index in [-0.39, 0.29) is 17.9 Å². The van der Waals surface area contributed by atoms with Crippen molar-refractivity contribution in [1.82, 2.24) is 10.3 Å². The summed E-state index contributed by atoms with van der Waals surface area (Å²) in [5, 5.41) is 2.86. The predicted octanol–water partition coefficient (Wildman–Crippen LogP) is 3.38. The Balaban J connectivity index is 1.57. The van der Waals surface area contributed by atoms with Crippen LogP contribution in [0, 0.1) is 0 Å². The van der Waals surface area contributed by atoms with Crippen molar-refractivity contribution in [1.29, 1.82) is 0 Å². The maximum absolute atomic E-state index is 12.0. The van der Waals surface area contributed by atoms with Crippen LogP contribution in [0.4, 0.5) is 5.69 Å². The highest BCUT2D eigenvalue weighted by Gasteiger charge is 2.25. The molecule has 2 unspecified atom stereocenters. The molecule has 1 aliphatic heterocycles. The van der Waals surface area contributed by atoms with E-state index in [1.54, 1.807) is 6.20 Å². The lowest BCUT2D eigenvalue weighted by atomic mass is 10.0. The number of nitrogens with zero attached hydrogens (tertiary/aromatic N) is 2. The first-order valence-electron chi connectivity index (χ1n) is 9.98. The first-order valence-corrected chi connectivity index (χ1v) is 9.98. The van der Waals surface area contributed by atoms with Crippen LogP contribution in [-0.2, 0) is 4.79 Å². The Hall–Kier alpha value is -2.76. The van der Waals surface area contributed by atoms with Gasteiger partial charge in [0, 0.05) is 37.5 Å². The van der Waals surface area contributed by atoms with Gasteiger partial charge in [-0.3, -0.25) is 4.79 Å². The van der Waals surface area contributed by atoms with Crippen molar-refractivity contribution in [3.63, 3.8) is 0 Å². The van der Waals surface area contributed by atoms with Gasteiger partial charge in [0.15, 0.2) is 0 Å². The highest BCUT2D eigenvalue weighted by atomic mass is 16.5. The van der Waals surface area contributed by atoms with E-state index < -0.39 is 0 Å². The topological polar surface area (TPSA) is 63.7 Å². The van der Waals surface area contributed by atoms with E-state index >= 15 is 0 Å². The van der Waals surface area contributed by atoms with E-state index in [1.807, 2.05) is 57.2 Å². The molecule has 0 bridgehead atoms. The van der Waals surface area contributed by atoms with Crippen molar-refractivity contribution in [3.8, 4) is 11.6 Å². The number of carbonyl (C=O) groups is 1. The van der Waals surface area contributed by atoms with E-state index in [1.165, 1.54) is 0 Å². The lowest BCUT2D eigenvalue weighted by molar-refractivity contribution is -0.122. The van der Waals surface area contributed by atoms with Crippen molar-refractivity contribution in [2.45, 2.75) is 39.2 Å². The third-order valence-corrected chi connectivity index (χ3v) is 4.95. The van der Waals surface area contributed by atoms with Gasteiger partial charge in [-0.2, -0.15) is 0 Å². The molecule has 1 aromatic carbocycles. The van der Waals surface area contributed by atoms with Crippen molar-refractivity contribution >= 4 is 11.6 Å². The van der Waals surface area contributed by atoms with Gasteiger partial charge in [0.2, 0.25) is 11.8 Å². The van der Waals surface area contributed by atoms with Crippen LogP contribution in [0.25, 0.3) is 0 Å². The molecular weight excluding hydrogens is 354 g/mol. The molecule has 1 N–H and O–H groups in total. The zero-order valence-corrected chi connectivity index (χ0v) is 16.9. The summed E-state index contributed by atoms with van der Waals surface area (Å²) in [6.45, 7) is 8.81. The molecule has 2 atom stereocenters. The van der Waals surface area contributed by atoms with E-state index in [0.717, 1.165) is 36.5 Å². The number of benzene rings is 1. The molecule has 1 aromatic heterocycles. The number of rotatable bonds is 8. The minimum Gasteiger partial charge on any atom is -0.489 e.